The number of ether oxygens (including phenoxy) is 2. The predicted molar refractivity (Wildman–Crippen MR) is 105 cm³/mol. The van der Waals surface area contributed by atoms with Gasteiger partial charge < -0.3 is 14.0 Å². The van der Waals surface area contributed by atoms with Gasteiger partial charge in [-0.2, -0.15) is 4.31 Å². The van der Waals surface area contributed by atoms with Gasteiger partial charge in [-0.1, -0.05) is 0 Å². The number of carbonyl (C=O) groups is 2. The van der Waals surface area contributed by atoms with E-state index in [-0.39, 0.29) is 31.2 Å². The number of hydrogen-bond acceptors (Lipinski definition) is 6. The number of aromatic nitrogens is 1. The van der Waals surface area contributed by atoms with Crippen molar-refractivity contribution in [3.63, 3.8) is 0 Å². The number of carbonyl (C=O) groups excluding carboxylic acids is 2. The number of nitrogens with zero attached hydrogens (tertiary/aromatic N) is 2. The van der Waals surface area contributed by atoms with E-state index in [1.54, 1.807) is 13.0 Å². The molecule has 1 saturated heterocycles. The van der Waals surface area contributed by atoms with Crippen LogP contribution in [0, 0.1) is 19.7 Å². The smallest absolute Gasteiger partial charge is 0.341 e. The molecule has 0 amide bonds. The molecule has 8 nitrogen and oxygen atoms in total. The van der Waals surface area contributed by atoms with Crippen LogP contribution in [0.3, 0.4) is 0 Å². The average molecular weight is 438 g/mol. The molecule has 2 aromatic rings. The molecule has 1 aliphatic heterocycles. The molecule has 162 valence electrons. The molecule has 30 heavy (non-hydrogen) atoms. The lowest BCUT2D eigenvalue weighted by Crippen LogP contribution is -2.40. The van der Waals surface area contributed by atoms with Crippen molar-refractivity contribution in [2.75, 3.05) is 32.9 Å². The van der Waals surface area contributed by atoms with Crippen molar-refractivity contribution in [3.05, 3.63) is 52.6 Å². The van der Waals surface area contributed by atoms with Gasteiger partial charge in [0.25, 0.3) is 0 Å². The number of hydrogen-bond donors (Lipinski definition) is 0. The summed E-state index contributed by atoms with van der Waals surface area (Å²) in [5, 5.41) is 0. The highest BCUT2D eigenvalue weighted by atomic mass is 32.2. The molecule has 0 N–H and O–H groups in total. The Morgan fingerprint density at radius 1 is 1.13 bits per heavy atom. The van der Waals surface area contributed by atoms with Crippen LogP contribution in [0.4, 0.5) is 4.39 Å². The summed E-state index contributed by atoms with van der Waals surface area (Å²) < 4.78 is 52.8. The van der Waals surface area contributed by atoms with Gasteiger partial charge in [-0.25, -0.2) is 17.6 Å². The Morgan fingerprint density at radius 2 is 1.80 bits per heavy atom. The third-order valence-corrected chi connectivity index (χ3v) is 7.07. The first-order valence-corrected chi connectivity index (χ1v) is 10.8. The molecule has 0 saturated carbocycles. The molecule has 1 aliphatic rings. The Hall–Kier alpha value is -2.56. The van der Waals surface area contributed by atoms with E-state index < -0.39 is 39.8 Å². The number of aryl methyl sites for hydroxylation is 1. The summed E-state index contributed by atoms with van der Waals surface area (Å²) in [6.45, 7) is 3.88. The third kappa shape index (κ3) is 4.30. The van der Waals surface area contributed by atoms with E-state index in [0.29, 0.717) is 5.56 Å². The van der Waals surface area contributed by atoms with Gasteiger partial charge in [0, 0.05) is 37.1 Å². The van der Waals surface area contributed by atoms with Crippen LogP contribution in [0.5, 0.6) is 0 Å². The molecule has 0 spiro atoms. The molecule has 2 heterocycles. The molecule has 1 aromatic heterocycles. The molecule has 0 bridgehead atoms. The minimum Gasteiger partial charge on any atom is -0.454 e. The summed E-state index contributed by atoms with van der Waals surface area (Å²) in [6, 6.07) is 4.61. The first kappa shape index (κ1) is 22.1. The summed E-state index contributed by atoms with van der Waals surface area (Å²) in [5.74, 6) is -2.47. The summed E-state index contributed by atoms with van der Waals surface area (Å²) in [6.07, 6.45) is 0. The highest BCUT2D eigenvalue weighted by molar-refractivity contribution is 7.89. The second-order valence-corrected chi connectivity index (χ2v) is 8.94. The summed E-state index contributed by atoms with van der Waals surface area (Å²) in [7, 11) is -2.10. The molecule has 0 unspecified atom stereocenters. The quantitative estimate of drug-likeness (QED) is 0.505. The van der Waals surface area contributed by atoms with E-state index in [1.165, 1.54) is 4.31 Å². The number of morpholine rings is 1. The fourth-order valence-electron chi connectivity index (χ4n) is 3.18. The zero-order valence-corrected chi connectivity index (χ0v) is 17.8. The molecule has 3 rings (SSSR count). The van der Waals surface area contributed by atoms with E-state index in [4.69, 9.17) is 9.47 Å². The van der Waals surface area contributed by atoms with Crippen molar-refractivity contribution in [3.8, 4) is 0 Å². The molecule has 0 atom stereocenters. The lowest BCUT2D eigenvalue weighted by atomic mass is 10.1. The second kappa shape index (κ2) is 8.66. The fourth-order valence-corrected chi connectivity index (χ4v) is 4.62. The molecule has 1 aromatic carbocycles. The minimum absolute atomic E-state index is 0.170. The normalized spacial score (nSPS) is 15.2. The van der Waals surface area contributed by atoms with E-state index in [2.05, 4.69) is 0 Å². The number of esters is 1. The predicted octanol–water partition coefficient (Wildman–Crippen LogP) is 1.84. The average Bonchev–Trinajstić information content (AvgIpc) is 3.00. The molecule has 0 aliphatic carbocycles. The monoisotopic (exact) mass is 438 g/mol. The first-order chi connectivity index (χ1) is 14.1. The van der Waals surface area contributed by atoms with Crippen LogP contribution in [0.25, 0.3) is 0 Å². The summed E-state index contributed by atoms with van der Waals surface area (Å²) in [4.78, 5) is 24.5. The second-order valence-electron chi connectivity index (χ2n) is 7.00. The van der Waals surface area contributed by atoms with Crippen LogP contribution in [-0.4, -0.2) is 62.0 Å². The molecule has 10 heteroatoms. The Kier molecular flexibility index (Phi) is 6.39. The fraction of sp³-hybridized carbons (Fsp3) is 0.400. The van der Waals surface area contributed by atoms with Crippen molar-refractivity contribution in [1.82, 2.24) is 8.87 Å². The van der Waals surface area contributed by atoms with Crippen molar-refractivity contribution >= 4 is 21.8 Å². The van der Waals surface area contributed by atoms with Crippen LogP contribution in [0.15, 0.2) is 29.2 Å². The van der Waals surface area contributed by atoms with E-state index in [1.807, 2.05) is 18.5 Å². The lowest BCUT2D eigenvalue weighted by molar-refractivity contribution is 0.0469. The lowest BCUT2D eigenvalue weighted by Gasteiger charge is -2.26. The number of rotatable bonds is 6. The number of Topliss-reactive ketones (excluding diaryl/α,β-unsaturated/α-hetero) is 1. The Morgan fingerprint density at radius 3 is 2.40 bits per heavy atom. The van der Waals surface area contributed by atoms with Crippen molar-refractivity contribution < 1.29 is 31.9 Å². The summed E-state index contributed by atoms with van der Waals surface area (Å²) >= 11 is 0. The highest BCUT2D eigenvalue weighted by Crippen LogP contribution is 2.21. The zero-order valence-electron chi connectivity index (χ0n) is 17.0. The summed E-state index contributed by atoms with van der Waals surface area (Å²) in [5.41, 5.74) is 1.46. The van der Waals surface area contributed by atoms with Gasteiger partial charge in [-0.05, 0) is 38.1 Å². The van der Waals surface area contributed by atoms with Crippen LogP contribution in [0.1, 0.15) is 32.1 Å². The van der Waals surface area contributed by atoms with E-state index >= 15 is 0 Å². The molecule has 1 fully saturated rings. The van der Waals surface area contributed by atoms with E-state index in [9.17, 15) is 22.4 Å². The standard InChI is InChI=1S/C20H23FN2O6S/c1-13-10-16(14(2)22(13)3)19(24)12-29-20(25)17-11-15(4-5-18(17)21)30(26,27)23-6-8-28-9-7-23/h4-5,10-11H,6-9,12H2,1-3H3. The number of ketones is 1. The number of halogens is 1. The molecular formula is C20H23FN2O6S. The van der Waals surface area contributed by atoms with Crippen LogP contribution in [0.2, 0.25) is 0 Å². The van der Waals surface area contributed by atoms with Crippen LogP contribution >= 0.6 is 0 Å². The zero-order chi connectivity index (χ0) is 22.1. The maximum atomic E-state index is 14.2. The highest BCUT2D eigenvalue weighted by Gasteiger charge is 2.28. The maximum absolute atomic E-state index is 14.2. The Labute approximate surface area is 174 Å². The van der Waals surface area contributed by atoms with Crippen LogP contribution in [-0.2, 0) is 26.5 Å². The van der Waals surface area contributed by atoms with E-state index in [0.717, 1.165) is 29.6 Å². The van der Waals surface area contributed by atoms with Crippen LogP contribution < -0.4 is 0 Å². The Balaban J connectivity index is 1.76. The SMILES string of the molecule is Cc1cc(C(=O)COC(=O)c2cc(S(=O)(=O)N3CCOCC3)ccc2F)c(C)n1C. The largest absolute Gasteiger partial charge is 0.454 e. The van der Waals surface area contributed by atoms with Crippen molar-refractivity contribution in [2.24, 2.45) is 7.05 Å². The van der Waals surface area contributed by atoms with Crippen molar-refractivity contribution in [1.29, 1.82) is 0 Å². The van der Waals surface area contributed by atoms with Gasteiger partial charge in [-0.3, -0.25) is 4.79 Å². The van der Waals surface area contributed by atoms with Gasteiger partial charge in [-0.15, -0.1) is 0 Å². The third-order valence-electron chi connectivity index (χ3n) is 5.18. The van der Waals surface area contributed by atoms with Gasteiger partial charge in [0.2, 0.25) is 15.8 Å². The van der Waals surface area contributed by atoms with Gasteiger partial charge in [0.05, 0.1) is 23.7 Å². The molecule has 0 radical (unpaired) electrons. The van der Waals surface area contributed by atoms with Crippen molar-refractivity contribution in [2.45, 2.75) is 18.7 Å². The molecular weight excluding hydrogens is 415 g/mol. The maximum Gasteiger partial charge on any atom is 0.341 e. The topological polar surface area (TPSA) is 94.9 Å². The minimum atomic E-state index is -3.91. The Bertz CT molecular complexity index is 1090. The number of sulfonamides is 1. The van der Waals surface area contributed by atoms with Gasteiger partial charge >= 0.3 is 5.97 Å². The van der Waals surface area contributed by atoms with Gasteiger partial charge in [0.15, 0.2) is 6.61 Å². The first-order valence-electron chi connectivity index (χ1n) is 9.33. The van der Waals surface area contributed by atoms with Gasteiger partial charge in [0.1, 0.15) is 5.82 Å². The number of benzene rings is 1.